The summed E-state index contributed by atoms with van der Waals surface area (Å²) in [5.41, 5.74) is 1.30. The van der Waals surface area contributed by atoms with Gasteiger partial charge in [0.15, 0.2) is 5.82 Å². The monoisotopic (exact) mass is 229 g/mol. The summed E-state index contributed by atoms with van der Waals surface area (Å²) in [6, 6.07) is 10.5. The normalized spacial score (nSPS) is 16.2. The van der Waals surface area contributed by atoms with E-state index in [2.05, 4.69) is 55.5 Å². The number of para-hydroxylation sites is 1. The van der Waals surface area contributed by atoms with Crippen molar-refractivity contribution < 1.29 is 0 Å². The van der Waals surface area contributed by atoms with Crippen molar-refractivity contribution in [3.05, 3.63) is 36.5 Å². The van der Waals surface area contributed by atoms with Gasteiger partial charge in [-0.3, -0.25) is 5.10 Å². The third-order valence-electron chi connectivity index (χ3n) is 3.13. The van der Waals surface area contributed by atoms with E-state index in [-0.39, 0.29) is 0 Å². The van der Waals surface area contributed by atoms with Crippen molar-refractivity contribution in [2.75, 3.05) is 36.0 Å². The van der Waals surface area contributed by atoms with Crippen molar-refractivity contribution in [3.63, 3.8) is 0 Å². The van der Waals surface area contributed by atoms with Gasteiger partial charge in [-0.15, -0.1) is 5.10 Å². The quantitative estimate of drug-likeness (QED) is 0.838. The van der Waals surface area contributed by atoms with Gasteiger partial charge in [0, 0.05) is 31.9 Å². The minimum atomic E-state index is 0.942. The van der Waals surface area contributed by atoms with E-state index < -0.39 is 0 Å². The highest BCUT2D eigenvalue weighted by atomic mass is 15.4. The van der Waals surface area contributed by atoms with Crippen LogP contribution >= 0.6 is 0 Å². The molecule has 17 heavy (non-hydrogen) atoms. The second kappa shape index (κ2) is 4.45. The molecule has 0 bridgehead atoms. The number of hydrogen-bond donors (Lipinski definition) is 1. The van der Waals surface area contributed by atoms with E-state index in [1.54, 1.807) is 0 Å². The number of rotatable bonds is 2. The van der Waals surface area contributed by atoms with Crippen LogP contribution in [0.2, 0.25) is 0 Å². The summed E-state index contributed by atoms with van der Waals surface area (Å²) in [6.45, 7) is 4.02. The molecule has 0 spiro atoms. The summed E-state index contributed by atoms with van der Waals surface area (Å²) in [4.78, 5) is 4.65. The van der Waals surface area contributed by atoms with E-state index in [1.807, 2.05) is 6.20 Å². The molecule has 2 heterocycles. The summed E-state index contributed by atoms with van der Waals surface area (Å²) < 4.78 is 0. The molecule has 3 rings (SSSR count). The van der Waals surface area contributed by atoms with Gasteiger partial charge in [0.05, 0.1) is 6.20 Å². The standard InChI is InChI=1S/C12H15N5/c1-2-4-11(5-3-1)16-6-8-17(9-7-16)12-10-13-15-14-12/h1-5,10H,6-9H2,(H,13,14,15). The first-order valence-corrected chi connectivity index (χ1v) is 5.85. The molecular weight excluding hydrogens is 214 g/mol. The van der Waals surface area contributed by atoms with Crippen LogP contribution in [0.4, 0.5) is 11.5 Å². The Hall–Kier alpha value is -2.04. The number of nitrogens with one attached hydrogen (secondary N) is 1. The van der Waals surface area contributed by atoms with Crippen molar-refractivity contribution in [2.24, 2.45) is 0 Å². The Bertz CT molecular complexity index is 445. The highest BCUT2D eigenvalue weighted by Crippen LogP contribution is 2.17. The Kier molecular flexibility index (Phi) is 2.65. The number of aromatic amines is 1. The molecule has 1 aliphatic rings. The topological polar surface area (TPSA) is 48.0 Å². The molecule has 0 saturated carbocycles. The molecule has 1 saturated heterocycles. The number of nitrogens with zero attached hydrogens (tertiary/aromatic N) is 4. The zero-order valence-electron chi connectivity index (χ0n) is 9.58. The number of anilines is 2. The fraction of sp³-hybridized carbons (Fsp3) is 0.333. The molecule has 1 fully saturated rings. The maximum atomic E-state index is 4.04. The fourth-order valence-corrected chi connectivity index (χ4v) is 2.18. The first-order valence-electron chi connectivity index (χ1n) is 5.85. The summed E-state index contributed by atoms with van der Waals surface area (Å²) in [5, 5.41) is 10.5. The second-order valence-corrected chi connectivity index (χ2v) is 4.14. The van der Waals surface area contributed by atoms with Crippen LogP contribution in [0, 0.1) is 0 Å². The predicted octanol–water partition coefficient (Wildman–Crippen LogP) is 1.13. The first kappa shape index (κ1) is 10.1. The molecular formula is C12H15N5. The number of H-pyrrole nitrogens is 1. The van der Waals surface area contributed by atoms with Gasteiger partial charge in [0.1, 0.15) is 0 Å². The number of aromatic nitrogens is 3. The number of benzene rings is 1. The molecule has 1 aliphatic heterocycles. The lowest BCUT2D eigenvalue weighted by molar-refractivity contribution is 0.646. The van der Waals surface area contributed by atoms with Gasteiger partial charge < -0.3 is 9.80 Å². The minimum Gasteiger partial charge on any atom is -0.368 e. The summed E-state index contributed by atoms with van der Waals surface area (Å²) in [6.07, 6.45) is 1.85. The smallest absolute Gasteiger partial charge is 0.170 e. The molecule has 0 aliphatic carbocycles. The highest BCUT2D eigenvalue weighted by Gasteiger charge is 2.18. The summed E-state index contributed by atoms with van der Waals surface area (Å²) in [7, 11) is 0. The van der Waals surface area contributed by atoms with E-state index in [0.29, 0.717) is 0 Å². The number of hydrogen-bond acceptors (Lipinski definition) is 4. The molecule has 5 heteroatoms. The zero-order chi connectivity index (χ0) is 11.5. The van der Waals surface area contributed by atoms with Crippen molar-refractivity contribution in [1.29, 1.82) is 0 Å². The minimum absolute atomic E-state index is 0.942. The average Bonchev–Trinajstić information content (AvgIpc) is 2.94. The molecule has 0 amide bonds. The van der Waals surface area contributed by atoms with E-state index in [0.717, 1.165) is 32.0 Å². The molecule has 1 aromatic carbocycles. The van der Waals surface area contributed by atoms with Crippen molar-refractivity contribution >= 4 is 11.5 Å². The number of piperazine rings is 1. The molecule has 5 nitrogen and oxygen atoms in total. The van der Waals surface area contributed by atoms with Crippen LogP contribution in [-0.2, 0) is 0 Å². The maximum absolute atomic E-state index is 4.04. The van der Waals surface area contributed by atoms with E-state index >= 15 is 0 Å². The van der Waals surface area contributed by atoms with Crippen LogP contribution < -0.4 is 9.80 Å². The Labute approximate surface area is 100 Å². The van der Waals surface area contributed by atoms with Gasteiger partial charge in [0.25, 0.3) is 0 Å². The van der Waals surface area contributed by atoms with Crippen LogP contribution in [0.15, 0.2) is 36.5 Å². The van der Waals surface area contributed by atoms with Crippen LogP contribution in [-0.4, -0.2) is 41.6 Å². The molecule has 1 N–H and O–H groups in total. The van der Waals surface area contributed by atoms with Crippen molar-refractivity contribution in [1.82, 2.24) is 15.4 Å². The lowest BCUT2D eigenvalue weighted by Gasteiger charge is -2.35. The van der Waals surface area contributed by atoms with E-state index in [1.165, 1.54) is 5.69 Å². The SMILES string of the molecule is c1ccc(N2CCN(c3c[nH]nn3)CC2)cc1. The van der Waals surface area contributed by atoms with Crippen molar-refractivity contribution in [2.45, 2.75) is 0 Å². The lowest BCUT2D eigenvalue weighted by atomic mass is 10.2. The van der Waals surface area contributed by atoms with Crippen LogP contribution in [0.1, 0.15) is 0 Å². The maximum Gasteiger partial charge on any atom is 0.170 e. The lowest BCUT2D eigenvalue weighted by Crippen LogP contribution is -2.46. The van der Waals surface area contributed by atoms with Gasteiger partial charge in [-0.05, 0) is 12.1 Å². The van der Waals surface area contributed by atoms with Crippen LogP contribution in [0.3, 0.4) is 0 Å². The molecule has 1 aromatic heterocycles. The molecule has 0 radical (unpaired) electrons. The van der Waals surface area contributed by atoms with Crippen LogP contribution in [0.5, 0.6) is 0 Å². The zero-order valence-corrected chi connectivity index (χ0v) is 9.58. The van der Waals surface area contributed by atoms with Gasteiger partial charge >= 0.3 is 0 Å². The highest BCUT2D eigenvalue weighted by molar-refractivity contribution is 5.48. The Morgan fingerprint density at radius 1 is 0.941 bits per heavy atom. The molecule has 0 unspecified atom stereocenters. The van der Waals surface area contributed by atoms with Crippen molar-refractivity contribution in [3.8, 4) is 0 Å². The van der Waals surface area contributed by atoms with Gasteiger partial charge in [-0.25, -0.2) is 0 Å². The summed E-state index contributed by atoms with van der Waals surface area (Å²) >= 11 is 0. The molecule has 0 atom stereocenters. The second-order valence-electron chi connectivity index (χ2n) is 4.14. The van der Waals surface area contributed by atoms with Crippen LogP contribution in [0.25, 0.3) is 0 Å². The Morgan fingerprint density at radius 2 is 1.65 bits per heavy atom. The summed E-state index contributed by atoms with van der Waals surface area (Å²) in [5.74, 6) is 0.942. The first-order chi connectivity index (χ1) is 8.43. The predicted molar refractivity (Wildman–Crippen MR) is 67.3 cm³/mol. The van der Waals surface area contributed by atoms with Gasteiger partial charge in [0.2, 0.25) is 0 Å². The Balaban J connectivity index is 1.65. The van der Waals surface area contributed by atoms with Gasteiger partial charge in [-0.2, -0.15) is 0 Å². The Morgan fingerprint density at radius 3 is 2.29 bits per heavy atom. The molecule has 2 aromatic rings. The van der Waals surface area contributed by atoms with Gasteiger partial charge in [-0.1, -0.05) is 23.4 Å². The van der Waals surface area contributed by atoms with E-state index in [4.69, 9.17) is 0 Å². The third kappa shape index (κ3) is 2.08. The third-order valence-corrected chi connectivity index (χ3v) is 3.13. The average molecular weight is 229 g/mol. The largest absolute Gasteiger partial charge is 0.368 e. The molecule has 88 valence electrons. The fourth-order valence-electron chi connectivity index (χ4n) is 2.18. The van der Waals surface area contributed by atoms with E-state index in [9.17, 15) is 0 Å².